The molecule has 0 aliphatic carbocycles. The number of nitrogens with zero attached hydrogens (tertiary/aromatic N) is 1. The van der Waals surface area contributed by atoms with Crippen LogP contribution in [0.15, 0.2) is 103 Å². The summed E-state index contributed by atoms with van der Waals surface area (Å²) >= 11 is 0. The van der Waals surface area contributed by atoms with Crippen molar-refractivity contribution in [2.45, 2.75) is 24.3 Å². The Labute approximate surface area is 212 Å². The van der Waals surface area contributed by atoms with Crippen molar-refractivity contribution in [1.82, 2.24) is 5.32 Å². The van der Waals surface area contributed by atoms with Crippen molar-refractivity contribution in [1.29, 1.82) is 0 Å². The third-order valence-electron chi connectivity index (χ3n) is 6.21. The molecule has 0 unspecified atom stereocenters. The fraction of sp³-hybridized carbons (Fsp3) is 0.267. The number of aliphatic imine (C=N–C) groups is 1. The van der Waals surface area contributed by atoms with Crippen molar-refractivity contribution in [2.24, 2.45) is 4.99 Å². The highest BCUT2D eigenvalue weighted by Crippen LogP contribution is 2.29. The van der Waals surface area contributed by atoms with Crippen molar-refractivity contribution < 1.29 is 19.4 Å². The number of hydrogen-bond donors (Lipinski definition) is 2. The van der Waals surface area contributed by atoms with Gasteiger partial charge in [-0.15, -0.1) is 6.58 Å². The van der Waals surface area contributed by atoms with Crippen LogP contribution < -0.4 is 10.1 Å². The minimum atomic E-state index is -1.06. The quantitative estimate of drug-likeness (QED) is 0.293. The van der Waals surface area contributed by atoms with Gasteiger partial charge in [-0.3, -0.25) is 4.79 Å². The maximum absolute atomic E-state index is 13.5. The number of rotatable bonds is 12. The third kappa shape index (κ3) is 6.01. The predicted molar refractivity (Wildman–Crippen MR) is 141 cm³/mol. The predicted octanol–water partition coefficient (Wildman–Crippen LogP) is 4.49. The lowest BCUT2D eigenvalue weighted by atomic mass is 9.90. The van der Waals surface area contributed by atoms with Gasteiger partial charge in [0.25, 0.3) is 5.91 Å². The molecule has 0 fully saturated rings. The molecule has 1 aliphatic heterocycles. The number of aliphatic hydroxyl groups is 1. The van der Waals surface area contributed by atoms with Gasteiger partial charge >= 0.3 is 0 Å². The van der Waals surface area contributed by atoms with Gasteiger partial charge in [0.05, 0.1) is 6.61 Å². The van der Waals surface area contributed by atoms with E-state index in [9.17, 15) is 4.79 Å². The molecule has 186 valence electrons. The van der Waals surface area contributed by atoms with Crippen LogP contribution in [0, 0.1) is 0 Å². The van der Waals surface area contributed by atoms with Gasteiger partial charge in [0.1, 0.15) is 12.4 Å². The number of ether oxygens (including phenoxy) is 2. The zero-order valence-corrected chi connectivity index (χ0v) is 20.3. The smallest absolute Gasteiger partial charge is 0.251 e. The van der Waals surface area contributed by atoms with Crippen LogP contribution in [-0.4, -0.2) is 48.8 Å². The number of amides is 1. The van der Waals surface area contributed by atoms with E-state index in [0.29, 0.717) is 37.6 Å². The molecular formula is C30H32N2O4. The monoisotopic (exact) mass is 484 g/mol. The van der Waals surface area contributed by atoms with Crippen molar-refractivity contribution in [3.8, 4) is 5.75 Å². The van der Waals surface area contributed by atoms with Crippen LogP contribution >= 0.6 is 0 Å². The Balaban J connectivity index is 1.49. The van der Waals surface area contributed by atoms with Gasteiger partial charge in [-0.2, -0.15) is 0 Å². The van der Waals surface area contributed by atoms with Crippen molar-refractivity contribution in [3.05, 3.63) is 114 Å². The lowest BCUT2D eigenvalue weighted by Gasteiger charge is -2.24. The summed E-state index contributed by atoms with van der Waals surface area (Å²) in [5.41, 5.74) is 1.98. The number of carbonyl (C=O) groups excluding carboxylic acids is 1. The summed E-state index contributed by atoms with van der Waals surface area (Å²) in [4.78, 5) is 18.3. The first kappa shape index (κ1) is 25.2. The van der Waals surface area contributed by atoms with Gasteiger partial charge < -0.3 is 19.9 Å². The van der Waals surface area contributed by atoms with E-state index in [4.69, 9.17) is 19.6 Å². The van der Waals surface area contributed by atoms with Gasteiger partial charge in [0.2, 0.25) is 5.90 Å². The Bertz CT molecular complexity index is 1120. The molecule has 6 nitrogen and oxygen atoms in total. The van der Waals surface area contributed by atoms with E-state index < -0.39 is 5.54 Å². The molecule has 0 bridgehead atoms. The minimum absolute atomic E-state index is 0.0151. The van der Waals surface area contributed by atoms with Crippen LogP contribution in [0.4, 0.5) is 0 Å². The Morgan fingerprint density at radius 3 is 2.28 bits per heavy atom. The average molecular weight is 485 g/mol. The SMILES string of the molecule is C=CC[C@]1(C(=O)NCC(c2ccccc2)c2ccccc2)COC(c2ccc(OCCCO)cc2)=N1. The van der Waals surface area contributed by atoms with E-state index in [1.165, 1.54) is 0 Å². The third-order valence-corrected chi connectivity index (χ3v) is 6.21. The minimum Gasteiger partial charge on any atom is -0.494 e. The molecule has 2 N–H and O–H groups in total. The maximum Gasteiger partial charge on any atom is 0.251 e. The summed E-state index contributed by atoms with van der Waals surface area (Å²) in [5, 5.41) is 12.0. The molecule has 4 rings (SSSR count). The molecule has 0 aromatic heterocycles. The van der Waals surface area contributed by atoms with E-state index in [-0.39, 0.29) is 25.0 Å². The first-order valence-electron chi connectivity index (χ1n) is 12.2. The average Bonchev–Trinajstić information content (AvgIpc) is 3.36. The highest BCUT2D eigenvalue weighted by Gasteiger charge is 2.43. The Kier molecular flexibility index (Phi) is 8.53. The fourth-order valence-corrected chi connectivity index (χ4v) is 4.25. The number of benzene rings is 3. The second-order valence-electron chi connectivity index (χ2n) is 8.76. The van der Waals surface area contributed by atoms with Crippen molar-refractivity contribution in [3.63, 3.8) is 0 Å². The van der Waals surface area contributed by atoms with Crippen LogP contribution in [0.2, 0.25) is 0 Å². The number of carbonyl (C=O) groups is 1. The molecule has 1 amide bonds. The molecule has 0 spiro atoms. The number of nitrogens with one attached hydrogen (secondary N) is 1. The second kappa shape index (κ2) is 12.2. The van der Waals surface area contributed by atoms with E-state index in [2.05, 4.69) is 36.2 Å². The van der Waals surface area contributed by atoms with Crippen LogP contribution in [0.3, 0.4) is 0 Å². The van der Waals surface area contributed by atoms with Gasteiger partial charge in [0, 0.05) is 37.5 Å². The summed E-state index contributed by atoms with van der Waals surface area (Å²) in [7, 11) is 0. The highest BCUT2D eigenvalue weighted by molar-refractivity contribution is 6.00. The lowest BCUT2D eigenvalue weighted by molar-refractivity contribution is -0.126. The molecule has 1 heterocycles. The first-order valence-corrected chi connectivity index (χ1v) is 12.2. The molecule has 3 aromatic carbocycles. The summed E-state index contributed by atoms with van der Waals surface area (Å²) in [5.74, 6) is 0.963. The Hall–Kier alpha value is -3.90. The molecule has 3 aromatic rings. The van der Waals surface area contributed by atoms with Gasteiger partial charge in [-0.25, -0.2) is 4.99 Å². The van der Waals surface area contributed by atoms with Crippen molar-refractivity contribution >= 4 is 11.8 Å². The van der Waals surface area contributed by atoms with Crippen LogP contribution in [-0.2, 0) is 9.53 Å². The molecule has 0 saturated heterocycles. The van der Waals surface area contributed by atoms with E-state index in [1.54, 1.807) is 6.08 Å². The molecule has 0 saturated carbocycles. The normalized spacial score (nSPS) is 16.8. The van der Waals surface area contributed by atoms with E-state index >= 15 is 0 Å². The number of hydrogen-bond acceptors (Lipinski definition) is 5. The van der Waals surface area contributed by atoms with Crippen LogP contribution in [0.5, 0.6) is 5.75 Å². The molecule has 6 heteroatoms. The Morgan fingerprint density at radius 1 is 1.06 bits per heavy atom. The molecule has 36 heavy (non-hydrogen) atoms. The molecule has 1 atom stereocenters. The lowest BCUT2D eigenvalue weighted by Crippen LogP contribution is -2.47. The largest absolute Gasteiger partial charge is 0.494 e. The number of aliphatic hydroxyl groups excluding tert-OH is 1. The summed E-state index contributed by atoms with van der Waals surface area (Å²) in [6, 6.07) is 27.7. The summed E-state index contributed by atoms with van der Waals surface area (Å²) in [6.45, 7) is 4.98. The zero-order valence-electron chi connectivity index (χ0n) is 20.3. The fourth-order valence-electron chi connectivity index (χ4n) is 4.25. The molecule has 1 aliphatic rings. The summed E-state index contributed by atoms with van der Waals surface area (Å²) in [6.07, 6.45) is 2.65. The van der Waals surface area contributed by atoms with Gasteiger partial charge in [-0.05, 0) is 35.4 Å². The van der Waals surface area contributed by atoms with Crippen molar-refractivity contribution in [2.75, 3.05) is 26.4 Å². The van der Waals surface area contributed by atoms with Gasteiger partial charge in [-0.1, -0.05) is 66.7 Å². The first-order chi connectivity index (χ1) is 17.6. The summed E-state index contributed by atoms with van der Waals surface area (Å²) < 4.78 is 11.5. The second-order valence-corrected chi connectivity index (χ2v) is 8.76. The van der Waals surface area contributed by atoms with Crippen LogP contribution in [0.25, 0.3) is 0 Å². The zero-order chi connectivity index (χ0) is 25.2. The van der Waals surface area contributed by atoms with Crippen LogP contribution in [0.1, 0.15) is 35.4 Å². The van der Waals surface area contributed by atoms with Gasteiger partial charge in [0.15, 0.2) is 5.54 Å². The molecular weight excluding hydrogens is 452 g/mol. The molecule has 0 radical (unpaired) electrons. The maximum atomic E-state index is 13.5. The highest BCUT2D eigenvalue weighted by atomic mass is 16.5. The standard InChI is InChI=1S/C30H32N2O4/c1-2-18-30(22-36-28(32-30)25-14-16-26(17-15-25)35-20-9-19-33)29(34)31-21-27(23-10-5-3-6-11-23)24-12-7-4-8-13-24/h2-8,10-17,27,33H,1,9,18-22H2,(H,31,34)/t30-/m1/s1. The topological polar surface area (TPSA) is 80.2 Å². The Morgan fingerprint density at radius 2 is 1.69 bits per heavy atom. The van der Waals surface area contributed by atoms with E-state index in [1.807, 2.05) is 60.7 Å². The van der Waals surface area contributed by atoms with E-state index in [0.717, 1.165) is 16.7 Å².